The lowest BCUT2D eigenvalue weighted by Crippen LogP contribution is -2.05. The summed E-state index contributed by atoms with van der Waals surface area (Å²) < 4.78 is 10.5. The Labute approximate surface area is 100 Å². The van der Waals surface area contributed by atoms with Gasteiger partial charge in [-0.2, -0.15) is 0 Å². The summed E-state index contributed by atoms with van der Waals surface area (Å²) in [5.41, 5.74) is 0.182. The van der Waals surface area contributed by atoms with Crippen LogP contribution in [-0.2, 0) is 4.74 Å². The highest BCUT2D eigenvalue weighted by molar-refractivity contribution is 5.90. The monoisotopic (exact) mass is 236 g/mol. The van der Waals surface area contributed by atoms with Crippen LogP contribution >= 0.6 is 0 Å². The Bertz CT molecular complexity index is 385. The first-order chi connectivity index (χ1) is 8.25. The molecule has 1 aromatic carbocycles. The Morgan fingerprint density at radius 3 is 2.82 bits per heavy atom. The number of hydrogen-bond donors (Lipinski definition) is 1. The number of benzene rings is 1. The normalized spacial score (nSPS) is 10.4. The molecular formula is C13H16O4. The van der Waals surface area contributed by atoms with Gasteiger partial charge in [-0.3, -0.25) is 0 Å². The molecule has 0 atom stereocenters. The van der Waals surface area contributed by atoms with Crippen molar-refractivity contribution in [2.75, 3.05) is 13.2 Å². The summed E-state index contributed by atoms with van der Waals surface area (Å²) in [4.78, 5) is 10.9. The third kappa shape index (κ3) is 4.59. The molecule has 4 nitrogen and oxygen atoms in total. The molecule has 0 spiro atoms. The molecule has 0 aliphatic carbocycles. The molecule has 0 bridgehead atoms. The number of rotatable bonds is 7. The fourth-order valence-electron chi connectivity index (χ4n) is 1.26. The Hall–Kier alpha value is -1.97. The molecule has 0 fully saturated rings. The number of hydrogen-bond acceptors (Lipinski definition) is 3. The third-order valence-electron chi connectivity index (χ3n) is 2.01. The summed E-state index contributed by atoms with van der Waals surface area (Å²) in [5.74, 6) is -0.586. The molecule has 0 heterocycles. The molecule has 0 saturated heterocycles. The van der Waals surface area contributed by atoms with Crippen LogP contribution in [0.15, 0.2) is 36.6 Å². The van der Waals surface area contributed by atoms with Gasteiger partial charge in [0.15, 0.2) is 0 Å². The number of carbonyl (C=O) groups is 1. The summed E-state index contributed by atoms with van der Waals surface area (Å²) >= 11 is 0. The fraction of sp³-hybridized carbons (Fsp3) is 0.308. The predicted molar refractivity (Wildman–Crippen MR) is 64.3 cm³/mol. The second kappa shape index (κ2) is 7.33. The highest BCUT2D eigenvalue weighted by atomic mass is 16.5. The van der Waals surface area contributed by atoms with E-state index < -0.39 is 5.97 Å². The molecular weight excluding hydrogens is 220 g/mol. The minimum absolute atomic E-state index is 0.182. The Kier molecular flexibility index (Phi) is 5.64. The van der Waals surface area contributed by atoms with Gasteiger partial charge in [0.2, 0.25) is 0 Å². The SMILES string of the molecule is CC=COCCCOc1ccccc1C(=O)O. The van der Waals surface area contributed by atoms with Gasteiger partial charge >= 0.3 is 5.97 Å². The van der Waals surface area contributed by atoms with Crippen molar-refractivity contribution < 1.29 is 19.4 Å². The number of ether oxygens (including phenoxy) is 2. The Morgan fingerprint density at radius 2 is 2.12 bits per heavy atom. The molecule has 0 unspecified atom stereocenters. The van der Waals surface area contributed by atoms with Crippen LogP contribution in [0.25, 0.3) is 0 Å². The number of aromatic carboxylic acids is 1. The second-order valence-electron chi connectivity index (χ2n) is 3.34. The molecule has 1 N–H and O–H groups in total. The summed E-state index contributed by atoms with van der Waals surface area (Å²) in [6.07, 6.45) is 4.13. The highest BCUT2D eigenvalue weighted by Crippen LogP contribution is 2.17. The second-order valence-corrected chi connectivity index (χ2v) is 3.34. The quantitative estimate of drug-likeness (QED) is 0.584. The van der Waals surface area contributed by atoms with Crippen molar-refractivity contribution >= 4 is 5.97 Å². The van der Waals surface area contributed by atoms with E-state index in [2.05, 4.69) is 0 Å². The van der Waals surface area contributed by atoms with Gasteiger partial charge in [0.25, 0.3) is 0 Å². The van der Waals surface area contributed by atoms with Gasteiger partial charge in [0, 0.05) is 6.42 Å². The first kappa shape index (κ1) is 13.1. The average molecular weight is 236 g/mol. The largest absolute Gasteiger partial charge is 0.501 e. The van der Waals surface area contributed by atoms with Crippen LogP contribution in [0.3, 0.4) is 0 Å². The Morgan fingerprint density at radius 1 is 1.35 bits per heavy atom. The minimum Gasteiger partial charge on any atom is -0.501 e. The summed E-state index contributed by atoms with van der Waals surface area (Å²) in [5, 5.41) is 8.92. The third-order valence-corrected chi connectivity index (χ3v) is 2.01. The van der Waals surface area contributed by atoms with Crippen LogP contribution < -0.4 is 4.74 Å². The van der Waals surface area contributed by atoms with Crippen LogP contribution in [0.1, 0.15) is 23.7 Å². The molecule has 0 radical (unpaired) electrons. The van der Waals surface area contributed by atoms with Gasteiger partial charge in [-0.05, 0) is 19.1 Å². The first-order valence-corrected chi connectivity index (χ1v) is 5.43. The number of carboxylic acids is 1. The van der Waals surface area contributed by atoms with Gasteiger partial charge in [-0.15, -0.1) is 0 Å². The Balaban J connectivity index is 2.38. The van der Waals surface area contributed by atoms with Crippen LogP contribution in [-0.4, -0.2) is 24.3 Å². The minimum atomic E-state index is -0.981. The molecule has 0 aromatic heterocycles. The predicted octanol–water partition coefficient (Wildman–Crippen LogP) is 2.70. The van der Waals surface area contributed by atoms with E-state index in [4.69, 9.17) is 14.6 Å². The topological polar surface area (TPSA) is 55.8 Å². The molecule has 92 valence electrons. The average Bonchev–Trinajstić information content (AvgIpc) is 2.34. The molecule has 0 aliphatic heterocycles. The van der Waals surface area contributed by atoms with E-state index in [1.165, 1.54) is 6.07 Å². The van der Waals surface area contributed by atoms with Gasteiger partial charge in [0.1, 0.15) is 11.3 Å². The van der Waals surface area contributed by atoms with Crippen molar-refractivity contribution in [1.82, 2.24) is 0 Å². The van der Waals surface area contributed by atoms with Gasteiger partial charge in [-0.1, -0.05) is 18.2 Å². The zero-order valence-electron chi connectivity index (χ0n) is 9.76. The summed E-state index contributed by atoms with van der Waals surface area (Å²) in [6.45, 7) is 2.86. The molecule has 1 rings (SSSR count). The van der Waals surface area contributed by atoms with Gasteiger partial charge in [0.05, 0.1) is 19.5 Å². The van der Waals surface area contributed by atoms with Crippen LogP contribution in [0.4, 0.5) is 0 Å². The molecule has 0 saturated carbocycles. The van der Waals surface area contributed by atoms with E-state index in [1.54, 1.807) is 30.5 Å². The fourth-order valence-corrected chi connectivity index (χ4v) is 1.26. The number of carboxylic acid groups (broad SMARTS) is 1. The van der Waals surface area contributed by atoms with Crippen molar-refractivity contribution in [3.8, 4) is 5.75 Å². The van der Waals surface area contributed by atoms with E-state index in [0.29, 0.717) is 25.4 Å². The van der Waals surface area contributed by atoms with E-state index in [1.807, 2.05) is 6.92 Å². The lowest BCUT2D eigenvalue weighted by atomic mass is 10.2. The standard InChI is InChI=1S/C13H16O4/c1-2-8-16-9-5-10-17-12-7-4-3-6-11(12)13(14)15/h2-4,6-8H,5,9-10H2,1H3,(H,14,15). The number of para-hydroxylation sites is 1. The molecule has 0 aliphatic rings. The first-order valence-electron chi connectivity index (χ1n) is 5.43. The van der Waals surface area contributed by atoms with Gasteiger partial charge in [-0.25, -0.2) is 4.79 Å². The van der Waals surface area contributed by atoms with Crippen LogP contribution in [0, 0.1) is 0 Å². The molecule has 4 heteroatoms. The molecule has 0 amide bonds. The molecule has 1 aromatic rings. The van der Waals surface area contributed by atoms with Crippen molar-refractivity contribution in [3.05, 3.63) is 42.2 Å². The summed E-state index contributed by atoms with van der Waals surface area (Å²) in [7, 11) is 0. The van der Waals surface area contributed by atoms with Crippen LogP contribution in [0.2, 0.25) is 0 Å². The highest BCUT2D eigenvalue weighted by Gasteiger charge is 2.09. The van der Waals surface area contributed by atoms with Crippen LogP contribution in [0.5, 0.6) is 5.75 Å². The smallest absolute Gasteiger partial charge is 0.339 e. The maximum atomic E-state index is 10.9. The molecule has 17 heavy (non-hydrogen) atoms. The van der Waals surface area contributed by atoms with Crippen molar-refractivity contribution in [2.24, 2.45) is 0 Å². The van der Waals surface area contributed by atoms with E-state index in [0.717, 1.165) is 0 Å². The maximum absolute atomic E-state index is 10.9. The van der Waals surface area contributed by atoms with Gasteiger partial charge < -0.3 is 14.6 Å². The maximum Gasteiger partial charge on any atom is 0.339 e. The lowest BCUT2D eigenvalue weighted by Gasteiger charge is -2.08. The zero-order chi connectivity index (χ0) is 12.5. The van der Waals surface area contributed by atoms with E-state index in [-0.39, 0.29) is 5.56 Å². The number of allylic oxidation sites excluding steroid dienone is 1. The van der Waals surface area contributed by atoms with Crippen molar-refractivity contribution in [1.29, 1.82) is 0 Å². The summed E-state index contributed by atoms with van der Waals surface area (Å²) in [6, 6.07) is 6.59. The van der Waals surface area contributed by atoms with E-state index >= 15 is 0 Å². The zero-order valence-corrected chi connectivity index (χ0v) is 9.76. The van der Waals surface area contributed by atoms with E-state index in [9.17, 15) is 4.79 Å². The van der Waals surface area contributed by atoms with Crippen molar-refractivity contribution in [3.63, 3.8) is 0 Å². The lowest BCUT2D eigenvalue weighted by molar-refractivity contribution is 0.0692. The van der Waals surface area contributed by atoms with Crippen molar-refractivity contribution in [2.45, 2.75) is 13.3 Å².